The van der Waals surface area contributed by atoms with Gasteiger partial charge in [0.2, 0.25) is 0 Å². The standard InChI is InChI=1S/C18H13NO5S2/c1-24-14-5-3-2-4-10(14)8-15-16(21)19(18(25)26-15)11-6-7-12(17(22)23)13(20)9-11/h2-9,20H,1H3,(H,22,23)/b15-8+. The highest BCUT2D eigenvalue weighted by atomic mass is 32.2. The Balaban J connectivity index is 1.96. The first-order valence-corrected chi connectivity index (χ1v) is 8.62. The van der Waals surface area contributed by atoms with E-state index in [1.807, 2.05) is 18.2 Å². The average molecular weight is 387 g/mol. The number of thioether (sulfide) groups is 1. The first-order valence-electron chi connectivity index (χ1n) is 7.39. The molecule has 0 spiro atoms. The largest absolute Gasteiger partial charge is 0.507 e. The van der Waals surface area contributed by atoms with E-state index in [1.54, 1.807) is 19.3 Å². The van der Waals surface area contributed by atoms with E-state index >= 15 is 0 Å². The van der Waals surface area contributed by atoms with Crippen LogP contribution in [0.1, 0.15) is 15.9 Å². The lowest BCUT2D eigenvalue weighted by Crippen LogP contribution is -2.27. The number of carbonyl (C=O) groups is 2. The summed E-state index contributed by atoms with van der Waals surface area (Å²) in [5.41, 5.74) is 0.793. The van der Waals surface area contributed by atoms with Crippen LogP contribution in [0.4, 0.5) is 5.69 Å². The molecule has 0 aromatic heterocycles. The third kappa shape index (κ3) is 3.29. The fourth-order valence-corrected chi connectivity index (χ4v) is 3.75. The molecule has 1 amide bonds. The normalized spacial score (nSPS) is 15.6. The molecule has 1 fully saturated rings. The molecule has 3 rings (SSSR count). The van der Waals surface area contributed by atoms with Crippen LogP contribution in [0.2, 0.25) is 0 Å². The van der Waals surface area contributed by atoms with Gasteiger partial charge >= 0.3 is 5.97 Å². The van der Waals surface area contributed by atoms with Crippen molar-refractivity contribution in [2.45, 2.75) is 0 Å². The van der Waals surface area contributed by atoms with Crippen LogP contribution in [0.5, 0.6) is 11.5 Å². The number of rotatable bonds is 4. The number of ether oxygens (including phenoxy) is 1. The molecule has 8 heteroatoms. The first-order chi connectivity index (χ1) is 12.4. The molecule has 2 aromatic carbocycles. The van der Waals surface area contributed by atoms with E-state index in [-0.39, 0.29) is 11.5 Å². The molecule has 2 N–H and O–H groups in total. The number of para-hydroxylation sites is 1. The molecule has 0 unspecified atom stereocenters. The predicted octanol–water partition coefficient (Wildman–Crippen LogP) is 3.50. The topological polar surface area (TPSA) is 87.1 Å². The lowest BCUT2D eigenvalue weighted by molar-refractivity contribution is -0.113. The van der Waals surface area contributed by atoms with Crippen molar-refractivity contribution in [3.8, 4) is 11.5 Å². The van der Waals surface area contributed by atoms with Gasteiger partial charge < -0.3 is 14.9 Å². The molecule has 132 valence electrons. The van der Waals surface area contributed by atoms with E-state index < -0.39 is 11.7 Å². The summed E-state index contributed by atoms with van der Waals surface area (Å²) < 4.78 is 5.57. The predicted molar refractivity (Wildman–Crippen MR) is 104 cm³/mol. The number of nitrogens with zero attached hydrogens (tertiary/aromatic N) is 1. The van der Waals surface area contributed by atoms with Gasteiger partial charge in [-0.25, -0.2) is 4.79 Å². The van der Waals surface area contributed by atoms with Gasteiger partial charge in [0.1, 0.15) is 17.1 Å². The van der Waals surface area contributed by atoms with Gasteiger partial charge in [0.05, 0.1) is 17.7 Å². The first kappa shape index (κ1) is 18.0. The Morgan fingerprint density at radius 1 is 1.27 bits per heavy atom. The zero-order valence-electron chi connectivity index (χ0n) is 13.5. The summed E-state index contributed by atoms with van der Waals surface area (Å²) in [4.78, 5) is 25.4. The van der Waals surface area contributed by atoms with Crippen LogP contribution in [0, 0.1) is 0 Å². The second kappa shape index (κ2) is 7.19. The van der Waals surface area contributed by atoms with Gasteiger partial charge in [-0.3, -0.25) is 9.69 Å². The van der Waals surface area contributed by atoms with E-state index in [9.17, 15) is 14.7 Å². The Kier molecular flexibility index (Phi) is 4.97. The van der Waals surface area contributed by atoms with Gasteiger partial charge in [0.15, 0.2) is 4.32 Å². The SMILES string of the molecule is COc1ccccc1/C=C1/SC(=S)N(c2ccc(C(=O)O)c(O)c2)C1=O. The molecule has 1 heterocycles. The van der Waals surface area contributed by atoms with E-state index in [0.29, 0.717) is 20.7 Å². The van der Waals surface area contributed by atoms with Crippen LogP contribution in [0.15, 0.2) is 47.4 Å². The minimum absolute atomic E-state index is 0.247. The third-order valence-corrected chi connectivity index (χ3v) is 4.99. The zero-order valence-corrected chi connectivity index (χ0v) is 15.1. The fourth-order valence-electron chi connectivity index (χ4n) is 2.46. The summed E-state index contributed by atoms with van der Waals surface area (Å²) in [6, 6.07) is 11.1. The number of benzene rings is 2. The van der Waals surface area contributed by atoms with Crippen LogP contribution in [-0.4, -0.2) is 33.5 Å². The summed E-state index contributed by atoms with van der Waals surface area (Å²) in [6.45, 7) is 0. The molecule has 0 aliphatic carbocycles. The Hall–Kier alpha value is -2.84. The fraction of sp³-hybridized carbons (Fsp3) is 0.0556. The van der Waals surface area contributed by atoms with Gasteiger partial charge in [-0.1, -0.05) is 42.2 Å². The smallest absolute Gasteiger partial charge is 0.339 e. The maximum atomic E-state index is 12.8. The van der Waals surface area contributed by atoms with Gasteiger partial charge in [0.25, 0.3) is 5.91 Å². The van der Waals surface area contributed by atoms with Crippen molar-refractivity contribution in [1.29, 1.82) is 0 Å². The van der Waals surface area contributed by atoms with Crippen LogP contribution in [-0.2, 0) is 4.79 Å². The molecular weight excluding hydrogens is 374 g/mol. The Labute approximate surface area is 158 Å². The number of hydrogen-bond donors (Lipinski definition) is 2. The maximum absolute atomic E-state index is 12.8. The number of carbonyl (C=O) groups excluding carboxylic acids is 1. The summed E-state index contributed by atoms with van der Waals surface area (Å²) in [5, 5.41) is 18.9. The number of aromatic carboxylic acids is 1. The quantitative estimate of drug-likeness (QED) is 0.613. The molecule has 1 aliphatic rings. The molecular formula is C18H13NO5S2. The maximum Gasteiger partial charge on any atom is 0.339 e. The van der Waals surface area contributed by atoms with Crippen LogP contribution in [0.3, 0.4) is 0 Å². The van der Waals surface area contributed by atoms with Crippen molar-refractivity contribution in [2.24, 2.45) is 0 Å². The highest BCUT2D eigenvalue weighted by Crippen LogP contribution is 2.38. The molecule has 2 aromatic rings. The molecule has 1 aliphatic heterocycles. The number of thiocarbonyl (C=S) groups is 1. The number of aromatic hydroxyl groups is 1. The van der Waals surface area contributed by atoms with E-state index in [0.717, 1.165) is 17.3 Å². The zero-order chi connectivity index (χ0) is 18.8. The monoisotopic (exact) mass is 387 g/mol. The number of phenols is 1. The number of hydrogen-bond acceptors (Lipinski definition) is 6. The molecule has 0 atom stereocenters. The van der Waals surface area contributed by atoms with E-state index in [2.05, 4.69) is 0 Å². The molecule has 6 nitrogen and oxygen atoms in total. The molecule has 26 heavy (non-hydrogen) atoms. The van der Waals surface area contributed by atoms with E-state index in [1.165, 1.54) is 23.1 Å². The second-order valence-electron chi connectivity index (χ2n) is 5.27. The van der Waals surface area contributed by atoms with Gasteiger partial charge in [0, 0.05) is 11.6 Å². The van der Waals surface area contributed by atoms with Crippen molar-refractivity contribution in [3.63, 3.8) is 0 Å². The van der Waals surface area contributed by atoms with Crippen LogP contribution < -0.4 is 9.64 Å². The summed E-state index contributed by atoms with van der Waals surface area (Å²) in [5.74, 6) is -1.41. The second-order valence-corrected chi connectivity index (χ2v) is 6.94. The lowest BCUT2D eigenvalue weighted by atomic mass is 10.1. The van der Waals surface area contributed by atoms with Gasteiger partial charge in [-0.05, 0) is 24.3 Å². The van der Waals surface area contributed by atoms with Gasteiger partial charge in [-0.15, -0.1) is 0 Å². The minimum Gasteiger partial charge on any atom is -0.507 e. The summed E-state index contributed by atoms with van der Waals surface area (Å²) in [6.07, 6.45) is 1.68. The Morgan fingerprint density at radius 3 is 2.65 bits per heavy atom. The number of carboxylic acids is 1. The van der Waals surface area contributed by atoms with Gasteiger partial charge in [-0.2, -0.15) is 0 Å². The molecule has 0 saturated carbocycles. The van der Waals surface area contributed by atoms with Crippen molar-refractivity contribution in [3.05, 3.63) is 58.5 Å². The highest BCUT2D eigenvalue weighted by molar-refractivity contribution is 8.27. The highest BCUT2D eigenvalue weighted by Gasteiger charge is 2.34. The lowest BCUT2D eigenvalue weighted by Gasteiger charge is -2.15. The van der Waals surface area contributed by atoms with E-state index in [4.69, 9.17) is 22.1 Å². The third-order valence-electron chi connectivity index (χ3n) is 3.69. The van der Waals surface area contributed by atoms with Crippen molar-refractivity contribution in [1.82, 2.24) is 0 Å². The van der Waals surface area contributed by atoms with Crippen LogP contribution >= 0.6 is 24.0 Å². The number of anilines is 1. The minimum atomic E-state index is -1.25. The number of amides is 1. The Morgan fingerprint density at radius 2 is 2.00 bits per heavy atom. The average Bonchev–Trinajstić information content (AvgIpc) is 2.88. The molecule has 1 saturated heterocycles. The van der Waals surface area contributed by atoms with Crippen molar-refractivity contribution < 1.29 is 24.5 Å². The van der Waals surface area contributed by atoms with Crippen molar-refractivity contribution >= 4 is 51.9 Å². The molecule has 0 radical (unpaired) electrons. The number of carboxylic acid groups (broad SMARTS) is 1. The summed E-state index contributed by atoms with van der Waals surface area (Å²) >= 11 is 6.40. The Bertz CT molecular complexity index is 954. The molecule has 0 bridgehead atoms. The van der Waals surface area contributed by atoms with Crippen molar-refractivity contribution in [2.75, 3.05) is 12.0 Å². The van der Waals surface area contributed by atoms with Crippen LogP contribution in [0.25, 0.3) is 6.08 Å². The number of methoxy groups -OCH3 is 1. The summed E-state index contributed by atoms with van der Waals surface area (Å²) in [7, 11) is 1.55.